The second kappa shape index (κ2) is 2.40. The molecule has 0 radical (unpaired) electrons. The highest BCUT2D eigenvalue weighted by atomic mass is 35.5. The summed E-state index contributed by atoms with van der Waals surface area (Å²) in [4.78, 5) is 0. The lowest BCUT2D eigenvalue weighted by atomic mass is 9.95. The van der Waals surface area contributed by atoms with E-state index in [0.717, 1.165) is 12.8 Å². The maximum Gasteiger partial charge on any atom is 0.101 e. The average molecular weight is 133 g/mol. The van der Waals surface area contributed by atoms with Gasteiger partial charge in [0.05, 0.1) is 6.26 Å². The largest absolute Gasteiger partial charge is 0.499 e. The van der Waals surface area contributed by atoms with E-state index in [9.17, 15) is 0 Å². The summed E-state index contributed by atoms with van der Waals surface area (Å²) in [6.45, 7) is 3.44. The van der Waals surface area contributed by atoms with Gasteiger partial charge >= 0.3 is 0 Å². The molecule has 1 saturated carbocycles. The van der Waals surface area contributed by atoms with Gasteiger partial charge in [0.25, 0.3) is 0 Å². The molecule has 46 valence electrons. The van der Waals surface area contributed by atoms with E-state index < -0.39 is 0 Å². The maximum absolute atomic E-state index is 5.67. The molecule has 0 aromatic heterocycles. The Morgan fingerprint density at radius 2 is 2.25 bits per heavy atom. The highest BCUT2D eigenvalue weighted by Gasteiger charge is 2.27. The van der Waals surface area contributed by atoms with E-state index in [1.165, 1.54) is 6.26 Å². The summed E-state index contributed by atoms with van der Waals surface area (Å²) in [5.74, 6) is 0. The molecule has 0 amide bonds. The minimum absolute atomic E-state index is 0.347. The Labute approximate surface area is 54.3 Å². The Bertz CT molecular complexity index is 86.5. The van der Waals surface area contributed by atoms with Crippen LogP contribution in [0.25, 0.3) is 0 Å². The fourth-order valence-electron chi connectivity index (χ4n) is 0.749. The van der Waals surface area contributed by atoms with Crippen LogP contribution in [-0.2, 0) is 4.74 Å². The molecule has 8 heavy (non-hydrogen) atoms. The van der Waals surface area contributed by atoms with Crippen LogP contribution in [0, 0.1) is 0 Å². The molecule has 0 atom stereocenters. The Kier molecular flexibility index (Phi) is 1.79. The molecule has 0 aromatic rings. The van der Waals surface area contributed by atoms with Crippen molar-refractivity contribution in [3.63, 3.8) is 0 Å². The second-order valence-corrected chi connectivity index (χ2v) is 2.61. The first-order chi connectivity index (χ1) is 3.83. The first kappa shape index (κ1) is 5.96. The monoisotopic (exact) mass is 132 g/mol. The van der Waals surface area contributed by atoms with Crippen molar-refractivity contribution in [2.45, 2.75) is 24.3 Å². The van der Waals surface area contributed by atoms with Crippen molar-refractivity contribution in [1.29, 1.82) is 0 Å². The maximum atomic E-state index is 5.67. The molecule has 0 saturated heterocycles. The van der Waals surface area contributed by atoms with Crippen LogP contribution >= 0.6 is 11.6 Å². The summed E-state index contributed by atoms with van der Waals surface area (Å²) in [7, 11) is 0. The molecule has 1 aliphatic rings. The molecule has 0 aliphatic heterocycles. The van der Waals surface area contributed by atoms with Gasteiger partial charge in [-0.3, -0.25) is 0 Å². The lowest BCUT2D eigenvalue weighted by molar-refractivity contribution is 0.0778. The van der Waals surface area contributed by atoms with E-state index in [2.05, 4.69) is 6.58 Å². The molecule has 0 N–H and O–H groups in total. The van der Waals surface area contributed by atoms with Gasteiger partial charge in [0, 0.05) is 18.2 Å². The number of hydrogen-bond donors (Lipinski definition) is 0. The number of hydrogen-bond acceptors (Lipinski definition) is 1. The molecule has 0 aromatic carbocycles. The highest BCUT2D eigenvalue weighted by molar-refractivity contribution is 6.21. The lowest BCUT2D eigenvalue weighted by Crippen LogP contribution is -2.30. The van der Waals surface area contributed by atoms with Crippen molar-refractivity contribution >= 4 is 11.6 Å². The number of ether oxygens (including phenoxy) is 1. The average Bonchev–Trinajstić information content (AvgIpc) is 1.64. The normalized spacial score (nSPS) is 35.6. The van der Waals surface area contributed by atoms with Crippen molar-refractivity contribution in [2.75, 3.05) is 0 Å². The molecule has 0 unspecified atom stereocenters. The number of rotatable bonds is 2. The Balaban J connectivity index is 2.06. The predicted molar refractivity (Wildman–Crippen MR) is 33.9 cm³/mol. The van der Waals surface area contributed by atoms with Crippen LogP contribution in [0.4, 0.5) is 0 Å². The van der Waals surface area contributed by atoms with E-state index in [4.69, 9.17) is 16.3 Å². The fourth-order valence-corrected chi connectivity index (χ4v) is 1.15. The third-order valence-corrected chi connectivity index (χ3v) is 1.68. The van der Waals surface area contributed by atoms with Gasteiger partial charge in [0.15, 0.2) is 0 Å². The predicted octanol–water partition coefficient (Wildman–Crippen LogP) is 1.92. The van der Waals surface area contributed by atoms with Crippen molar-refractivity contribution in [1.82, 2.24) is 0 Å². The molecule has 1 rings (SSSR count). The van der Waals surface area contributed by atoms with Gasteiger partial charge in [-0.1, -0.05) is 6.58 Å². The van der Waals surface area contributed by atoms with E-state index >= 15 is 0 Å². The van der Waals surface area contributed by atoms with Crippen LogP contribution in [0.3, 0.4) is 0 Å². The first-order valence-electron chi connectivity index (χ1n) is 2.73. The minimum atomic E-state index is 0.347. The van der Waals surface area contributed by atoms with Crippen LogP contribution < -0.4 is 0 Å². The third-order valence-electron chi connectivity index (χ3n) is 1.33. The van der Waals surface area contributed by atoms with E-state index in [-0.39, 0.29) is 0 Å². The van der Waals surface area contributed by atoms with Gasteiger partial charge in [0.2, 0.25) is 0 Å². The van der Waals surface area contributed by atoms with E-state index in [1.54, 1.807) is 0 Å². The van der Waals surface area contributed by atoms with Crippen LogP contribution in [-0.4, -0.2) is 11.5 Å². The van der Waals surface area contributed by atoms with Gasteiger partial charge in [0.1, 0.15) is 6.10 Å². The first-order valence-corrected chi connectivity index (χ1v) is 3.17. The van der Waals surface area contributed by atoms with Crippen LogP contribution in [0.5, 0.6) is 0 Å². The molecule has 0 spiro atoms. The van der Waals surface area contributed by atoms with Crippen molar-refractivity contribution in [2.24, 2.45) is 0 Å². The molecule has 2 heteroatoms. The lowest BCUT2D eigenvalue weighted by Gasteiger charge is -2.29. The number of halogens is 1. The van der Waals surface area contributed by atoms with Gasteiger partial charge in [-0.15, -0.1) is 11.6 Å². The summed E-state index contributed by atoms with van der Waals surface area (Å²) in [5, 5.41) is 0.347. The zero-order valence-corrected chi connectivity index (χ0v) is 5.40. The number of alkyl halides is 1. The van der Waals surface area contributed by atoms with Crippen LogP contribution in [0.15, 0.2) is 12.8 Å². The highest BCUT2D eigenvalue weighted by Crippen LogP contribution is 2.27. The molecule has 1 aliphatic carbocycles. The fraction of sp³-hybridized carbons (Fsp3) is 0.667. The zero-order chi connectivity index (χ0) is 5.98. The Morgan fingerprint density at radius 1 is 1.62 bits per heavy atom. The molecule has 0 heterocycles. The standard InChI is InChI=1S/C6H9ClO/c1-2-8-6-3-5(7)4-6/h2,5-6H,1,3-4H2. The zero-order valence-electron chi connectivity index (χ0n) is 4.64. The summed E-state index contributed by atoms with van der Waals surface area (Å²) >= 11 is 5.67. The van der Waals surface area contributed by atoms with Crippen molar-refractivity contribution in [3.8, 4) is 0 Å². The summed E-state index contributed by atoms with van der Waals surface area (Å²) in [6.07, 6.45) is 3.80. The van der Waals surface area contributed by atoms with Gasteiger partial charge in [-0.2, -0.15) is 0 Å². The second-order valence-electron chi connectivity index (χ2n) is 1.99. The summed E-state index contributed by atoms with van der Waals surface area (Å²) in [6, 6.07) is 0. The smallest absolute Gasteiger partial charge is 0.101 e. The van der Waals surface area contributed by atoms with Crippen molar-refractivity contribution < 1.29 is 4.74 Å². The topological polar surface area (TPSA) is 9.23 Å². The summed E-state index contributed by atoms with van der Waals surface area (Å²) < 4.78 is 5.03. The molecule has 0 bridgehead atoms. The van der Waals surface area contributed by atoms with E-state index in [1.807, 2.05) is 0 Å². The summed E-state index contributed by atoms with van der Waals surface area (Å²) in [5.41, 5.74) is 0. The van der Waals surface area contributed by atoms with Gasteiger partial charge in [-0.25, -0.2) is 0 Å². The SMILES string of the molecule is C=COC1CC(Cl)C1. The Hall–Kier alpha value is -0.170. The van der Waals surface area contributed by atoms with E-state index in [0.29, 0.717) is 11.5 Å². The minimum Gasteiger partial charge on any atom is -0.499 e. The molecule has 1 nitrogen and oxygen atoms in total. The molecular formula is C6H9ClO. The quantitative estimate of drug-likeness (QED) is 0.412. The van der Waals surface area contributed by atoms with Gasteiger partial charge in [-0.05, 0) is 0 Å². The van der Waals surface area contributed by atoms with Crippen LogP contribution in [0.2, 0.25) is 0 Å². The molecule has 1 fully saturated rings. The van der Waals surface area contributed by atoms with Crippen LogP contribution in [0.1, 0.15) is 12.8 Å². The third kappa shape index (κ3) is 1.16. The molecular weight excluding hydrogens is 124 g/mol. The van der Waals surface area contributed by atoms with Gasteiger partial charge < -0.3 is 4.74 Å². The van der Waals surface area contributed by atoms with Crippen molar-refractivity contribution in [3.05, 3.63) is 12.8 Å². The Morgan fingerprint density at radius 3 is 2.62 bits per heavy atom.